The summed E-state index contributed by atoms with van der Waals surface area (Å²) in [5.74, 6) is 0. The summed E-state index contributed by atoms with van der Waals surface area (Å²) < 4.78 is 8.64. The molecule has 12 aromatic rings. The van der Waals surface area contributed by atoms with E-state index in [2.05, 4.69) is 228 Å². The minimum atomic E-state index is 0.905. The highest BCUT2D eigenvalue weighted by Crippen LogP contribution is 2.42. The third-order valence-electron chi connectivity index (χ3n) is 12.2. The maximum atomic E-state index is 6.23. The monoisotopic (exact) mass is 778 g/mol. The van der Waals surface area contributed by atoms with Crippen molar-refractivity contribution >= 4 is 71.6 Å². The number of anilines is 3. The van der Waals surface area contributed by atoms with E-state index in [1.165, 1.54) is 43.7 Å². The minimum Gasteiger partial charge on any atom is -0.456 e. The van der Waals surface area contributed by atoms with E-state index in [-0.39, 0.29) is 0 Å². The first kappa shape index (κ1) is 34.9. The molecule has 0 saturated carbocycles. The van der Waals surface area contributed by atoms with Gasteiger partial charge in [-0.1, -0.05) is 158 Å². The average molecular weight is 779 g/mol. The zero-order valence-electron chi connectivity index (χ0n) is 33.2. The number of hydrogen-bond donors (Lipinski definition) is 0. The van der Waals surface area contributed by atoms with Crippen molar-refractivity contribution in [2.75, 3.05) is 4.90 Å². The van der Waals surface area contributed by atoms with E-state index in [0.29, 0.717) is 0 Å². The van der Waals surface area contributed by atoms with E-state index in [0.717, 1.165) is 66.9 Å². The molecular formula is C58H38N2O. The quantitative estimate of drug-likeness (QED) is 0.161. The number of nitrogens with zero attached hydrogens (tertiary/aromatic N) is 2. The fourth-order valence-corrected chi connectivity index (χ4v) is 9.33. The predicted octanol–water partition coefficient (Wildman–Crippen LogP) is 16.3. The zero-order valence-corrected chi connectivity index (χ0v) is 33.2. The molecule has 0 radical (unpaired) electrons. The fraction of sp³-hybridized carbons (Fsp3) is 0. The Balaban J connectivity index is 0.932. The minimum absolute atomic E-state index is 0.905. The van der Waals surface area contributed by atoms with Crippen molar-refractivity contribution in [3.05, 3.63) is 231 Å². The van der Waals surface area contributed by atoms with Gasteiger partial charge in [-0.15, -0.1) is 0 Å². The lowest BCUT2D eigenvalue weighted by molar-refractivity contribution is 0.669. The van der Waals surface area contributed by atoms with Crippen LogP contribution in [-0.4, -0.2) is 4.57 Å². The van der Waals surface area contributed by atoms with E-state index < -0.39 is 0 Å². The van der Waals surface area contributed by atoms with E-state index in [1.54, 1.807) is 0 Å². The van der Waals surface area contributed by atoms with Crippen LogP contribution in [-0.2, 0) is 0 Å². The van der Waals surface area contributed by atoms with Crippen LogP contribution in [0.25, 0.3) is 93.6 Å². The number of fused-ring (bicyclic) bond motifs is 7. The molecule has 10 aromatic carbocycles. The van der Waals surface area contributed by atoms with Gasteiger partial charge in [-0.2, -0.15) is 0 Å². The number of para-hydroxylation sites is 4. The van der Waals surface area contributed by atoms with Crippen molar-refractivity contribution in [2.45, 2.75) is 0 Å². The van der Waals surface area contributed by atoms with Crippen LogP contribution < -0.4 is 4.90 Å². The summed E-state index contributed by atoms with van der Waals surface area (Å²) in [5.41, 5.74) is 15.7. The Kier molecular flexibility index (Phi) is 8.17. The van der Waals surface area contributed by atoms with Gasteiger partial charge in [-0.05, 0) is 111 Å². The van der Waals surface area contributed by atoms with Gasteiger partial charge in [0.1, 0.15) is 11.2 Å². The number of furan rings is 1. The van der Waals surface area contributed by atoms with Crippen molar-refractivity contribution in [2.24, 2.45) is 0 Å². The molecule has 0 N–H and O–H groups in total. The fourth-order valence-electron chi connectivity index (χ4n) is 9.33. The molecule has 12 rings (SSSR count). The summed E-state index contributed by atoms with van der Waals surface area (Å²) in [6.45, 7) is 0. The Morgan fingerprint density at radius 3 is 1.66 bits per heavy atom. The highest BCUT2D eigenvalue weighted by molar-refractivity contribution is 6.13. The lowest BCUT2D eigenvalue weighted by atomic mass is 9.96. The molecule has 0 aliphatic rings. The summed E-state index contributed by atoms with van der Waals surface area (Å²) in [6, 6.07) is 82.9. The first-order valence-corrected chi connectivity index (χ1v) is 20.8. The molecule has 0 amide bonds. The second kappa shape index (κ2) is 14.3. The summed E-state index contributed by atoms with van der Waals surface area (Å²) in [5, 5.41) is 7.23. The van der Waals surface area contributed by atoms with Gasteiger partial charge in [0.05, 0.1) is 16.7 Å². The van der Waals surface area contributed by atoms with Crippen LogP contribution in [0.3, 0.4) is 0 Å². The maximum Gasteiger partial charge on any atom is 0.136 e. The third kappa shape index (κ3) is 5.90. The van der Waals surface area contributed by atoms with E-state index >= 15 is 0 Å². The summed E-state index contributed by atoms with van der Waals surface area (Å²) in [6.07, 6.45) is 0. The topological polar surface area (TPSA) is 21.3 Å². The number of benzene rings is 10. The largest absolute Gasteiger partial charge is 0.456 e. The standard InChI is InChI=1S/C58H38N2O/c1-2-14-43-38-47(36-29-39(43)13-1)59(45-32-27-40(28-33-45)42-15-11-16-44(37-42)49-21-12-26-57-58(49)52-20-6-10-25-56(52)61-57)46-34-30-41(31-35-46)48-17-3-7-22-53(48)60-54-23-8-4-18-50(54)51-19-5-9-24-55(51)60/h1-38H. The Bertz CT molecular complexity index is 3540. The van der Waals surface area contributed by atoms with E-state index in [4.69, 9.17) is 4.42 Å². The Morgan fingerprint density at radius 1 is 0.328 bits per heavy atom. The second-order valence-corrected chi connectivity index (χ2v) is 15.7. The maximum absolute atomic E-state index is 6.23. The highest BCUT2D eigenvalue weighted by Gasteiger charge is 2.18. The van der Waals surface area contributed by atoms with Gasteiger partial charge < -0.3 is 13.9 Å². The van der Waals surface area contributed by atoms with Crippen LogP contribution >= 0.6 is 0 Å². The van der Waals surface area contributed by atoms with Crippen molar-refractivity contribution in [3.8, 4) is 39.1 Å². The molecule has 0 bridgehead atoms. The van der Waals surface area contributed by atoms with Gasteiger partial charge in [0.25, 0.3) is 0 Å². The molecule has 3 heteroatoms. The summed E-state index contributed by atoms with van der Waals surface area (Å²) >= 11 is 0. The molecule has 2 aromatic heterocycles. The molecule has 0 aliphatic carbocycles. The van der Waals surface area contributed by atoms with Gasteiger partial charge >= 0.3 is 0 Å². The molecule has 0 fully saturated rings. The first-order valence-electron chi connectivity index (χ1n) is 20.8. The van der Waals surface area contributed by atoms with Crippen molar-refractivity contribution < 1.29 is 4.42 Å². The Hall–Kier alpha value is -8.14. The van der Waals surface area contributed by atoms with Crippen LogP contribution in [0.1, 0.15) is 0 Å². The highest BCUT2D eigenvalue weighted by atomic mass is 16.3. The lowest BCUT2D eigenvalue weighted by Gasteiger charge is -2.26. The molecule has 286 valence electrons. The number of aromatic nitrogens is 1. The second-order valence-electron chi connectivity index (χ2n) is 15.7. The van der Waals surface area contributed by atoms with E-state index in [9.17, 15) is 0 Å². The van der Waals surface area contributed by atoms with Crippen molar-refractivity contribution in [1.82, 2.24) is 4.57 Å². The SMILES string of the molecule is c1cc(-c2ccc(N(c3ccc(-c4ccccc4-n4c5ccccc5c5ccccc54)cc3)c3ccc4ccccc4c3)cc2)cc(-c2cccc3oc4ccccc4c23)c1. The molecule has 61 heavy (non-hydrogen) atoms. The van der Waals surface area contributed by atoms with Crippen LogP contribution in [0.2, 0.25) is 0 Å². The predicted molar refractivity (Wildman–Crippen MR) is 257 cm³/mol. The average Bonchev–Trinajstić information content (AvgIpc) is 3.88. The molecule has 0 spiro atoms. The molecule has 3 nitrogen and oxygen atoms in total. The van der Waals surface area contributed by atoms with Gasteiger partial charge in [-0.3, -0.25) is 0 Å². The van der Waals surface area contributed by atoms with Crippen molar-refractivity contribution in [1.29, 1.82) is 0 Å². The Morgan fingerprint density at radius 2 is 0.885 bits per heavy atom. The first-order chi connectivity index (χ1) is 30.2. The van der Waals surface area contributed by atoms with Crippen LogP contribution in [0.15, 0.2) is 235 Å². The van der Waals surface area contributed by atoms with Crippen molar-refractivity contribution in [3.63, 3.8) is 0 Å². The molecule has 0 aliphatic heterocycles. The summed E-state index contributed by atoms with van der Waals surface area (Å²) in [4.78, 5) is 2.36. The molecule has 0 unspecified atom stereocenters. The molecular weight excluding hydrogens is 741 g/mol. The lowest BCUT2D eigenvalue weighted by Crippen LogP contribution is -2.10. The summed E-state index contributed by atoms with van der Waals surface area (Å²) in [7, 11) is 0. The number of hydrogen-bond acceptors (Lipinski definition) is 2. The number of rotatable bonds is 7. The third-order valence-corrected chi connectivity index (χ3v) is 12.2. The van der Waals surface area contributed by atoms with Crippen LogP contribution in [0.4, 0.5) is 17.1 Å². The van der Waals surface area contributed by atoms with Crippen LogP contribution in [0.5, 0.6) is 0 Å². The molecule has 2 heterocycles. The molecule has 0 saturated heterocycles. The van der Waals surface area contributed by atoms with Gasteiger partial charge in [0.15, 0.2) is 0 Å². The van der Waals surface area contributed by atoms with Gasteiger partial charge in [0, 0.05) is 44.2 Å². The van der Waals surface area contributed by atoms with Gasteiger partial charge in [-0.25, -0.2) is 0 Å². The Labute approximate surface area is 353 Å². The molecule has 0 atom stereocenters. The smallest absolute Gasteiger partial charge is 0.136 e. The van der Waals surface area contributed by atoms with Crippen LogP contribution in [0, 0.1) is 0 Å². The van der Waals surface area contributed by atoms with Gasteiger partial charge in [0.2, 0.25) is 0 Å². The van der Waals surface area contributed by atoms with E-state index in [1.807, 2.05) is 12.1 Å². The normalized spacial score (nSPS) is 11.6. The zero-order chi connectivity index (χ0) is 40.3.